The van der Waals surface area contributed by atoms with Crippen LogP contribution in [-0.4, -0.2) is 46.9 Å². The molecule has 0 heterocycles. The van der Waals surface area contributed by atoms with Crippen molar-refractivity contribution in [3.63, 3.8) is 0 Å². The second kappa shape index (κ2) is 46.4. The normalized spacial score (nSPS) is 13.9. The zero-order valence-electron chi connectivity index (χ0n) is 38.6. The van der Waals surface area contributed by atoms with Gasteiger partial charge in [0, 0.05) is 12.8 Å². The largest absolute Gasteiger partial charge is 0.461 e. The van der Waals surface area contributed by atoms with Crippen molar-refractivity contribution in [3.8, 4) is 0 Å². The summed E-state index contributed by atoms with van der Waals surface area (Å²) in [6.07, 6.45) is 58.3. The van der Waals surface area contributed by atoms with E-state index >= 15 is 0 Å². The molecular formula is C53H93NO5. The molecule has 0 aromatic rings. The molecule has 0 saturated carbocycles. The maximum Gasteiger partial charge on any atom is 0.306 e. The first-order chi connectivity index (χ1) is 29.0. The summed E-state index contributed by atoms with van der Waals surface area (Å²) in [5.41, 5.74) is 0. The number of aliphatic hydroxyl groups excluding tert-OH is 2. The molecule has 0 rings (SSSR count). The minimum Gasteiger partial charge on any atom is -0.461 e. The summed E-state index contributed by atoms with van der Waals surface area (Å²) in [4.78, 5) is 26.0. The fourth-order valence-corrected chi connectivity index (χ4v) is 7.03. The van der Waals surface area contributed by atoms with Crippen LogP contribution in [0, 0.1) is 0 Å². The molecule has 3 N–H and O–H groups in total. The third-order valence-corrected chi connectivity index (χ3v) is 10.8. The Bertz CT molecular complexity index is 1110. The first-order valence-corrected chi connectivity index (χ1v) is 24.7. The lowest BCUT2D eigenvalue weighted by Crippen LogP contribution is -2.46. The first-order valence-electron chi connectivity index (χ1n) is 24.7. The van der Waals surface area contributed by atoms with Gasteiger partial charge < -0.3 is 20.3 Å². The van der Waals surface area contributed by atoms with Crippen LogP contribution in [0.1, 0.15) is 226 Å². The van der Waals surface area contributed by atoms with E-state index in [1.165, 1.54) is 103 Å². The molecule has 0 fully saturated rings. The average Bonchev–Trinajstić information content (AvgIpc) is 3.23. The topological polar surface area (TPSA) is 95.9 Å². The summed E-state index contributed by atoms with van der Waals surface area (Å²) in [5.74, 6) is -0.589. The summed E-state index contributed by atoms with van der Waals surface area (Å²) in [5, 5.41) is 23.6. The lowest BCUT2D eigenvalue weighted by molar-refractivity contribution is -0.150. The van der Waals surface area contributed by atoms with Gasteiger partial charge >= 0.3 is 5.97 Å². The van der Waals surface area contributed by atoms with Crippen molar-refractivity contribution in [1.29, 1.82) is 0 Å². The maximum absolute atomic E-state index is 13.1. The van der Waals surface area contributed by atoms with E-state index in [4.69, 9.17) is 4.74 Å². The highest BCUT2D eigenvalue weighted by Gasteiger charge is 2.23. The summed E-state index contributed by atoms with van der Waals surface area (Å²) in [6.45, 7) is 6.30. The number of carbonyl (C=O) groups excluding carboxylic acids is 2. The molecule has 0 bridgehead atoms. The van der Waals surface area contributed by atoms with Gasteiger partial charge in [-0.05, 0) is 70.6 Å². The SMILES string of the molecule is CC/C=C/C/C=C/CCCCCCCCCC(=O)OC(C/C=C\C/C=C\C/C=C\C/C=C\CCCCC)CC(=O)NC(CO)C(O)CCCCCCCCCCCCC. The maximum atomic E-state index is 13.1. The van der Waals surface area contributed by atoms with Gasteiger partial charge in [-0.1, -0.05) is 209 Å². The van der Waals surface area contributed by atoms with Crippen molar-refractivity contribution < 1.29 is 24.5 Å². The van der Waals surface area contributed by atoms with E-state index in [1.54, 1.807) is 0 Å². The molecule has 0 radical (unpaired) electrons. The molecule has 3 unspecified atom stereocenters. The van der Waals surface area contributed by atoms with Gasteiger partial charge in [-0.2, -0.15) is 0 Å². The Labute approximate surface area is 364 Å². The van der Waals surface area contributed by atoms with E-state index in [-0.39, 0.29) is 24.9 Å². The van der Waals surface area contributed by atoms with E-state index in [0.717, 1.165) is 77.0 Å². The molecule has 0 aromatic carbocycles. The number of nitrogens with one attached hydrogen (secondary N) is 1. The standard InChI is InChI=1S/C53H93NO5/c1-4-7-10-13-16-19-22-24-26-27-30-32-35-38-41-44-49(59-53(58)46-43-40-37-34-31-28-25-23-20-17-14-11-8-5-2)47-52(57)54-50(48-55)51(56)45-42-39-36-33-29-21-18-15-12-9-6-3/h8,11,16-17,19-20,24,26,30,32,38,41,49-51,55-56H,4-7,9-10,12-15,18,21-23,25,27-29,31,33-37,39-40,42-48H2,1-3H3,(H,54,57)/b11-8+,19-16-,20-17+,26-24-,32-30-,41-38-. The van der Waals surface area contributed by atoms with Crippen molar-refractivity contribution in [2.75, 3.05) is 6.61 Å². The zero-order valence-corrected chi connectivity index (χ0v) is 38.6. The third kappa shape index (κ3) is 41.8. The van der Waals surface area contributed by atoms with E-state index in [2.05, 4.69) is 86.8 Å². The quantitative estimate of drug-likeness (QED) is 0.0323. The Morgan fingerprint density at radius 1 is 0.525 bits per heavy atom. The predicted octanol–water partition coefficient (Wildman–Crippen LogP) is 14.6. The summed E-state index contributed by atoms with van der Waals surface area (Å²) in [6, 6.07) is -0.733. The average molecular weight is 824 g/mol. The summed E-state index contributed by atoms with van der Waals surface area (Å²) < 4.78 is 5.85. The molecule has 0 saturated heterocycles. The fourth-order valence-electron chi connectivity index (χ4n) is 7.03. The van der Waals surface area contributed by atoms with Crippen molar-refractivity contribution >= 4 is 11.9 Å². The molecule has 1 amide bonds. The van der Waals surface area contributed by atoms with Crippen molar-refractivity contribution in [2.24, 2.45) is 0 Å². The Hall–Kier alpha value is -2.70. The molecule has 59 heavy (non-hydrogen) atoms. The molecule has 340 valence electrons. The van der Waals surface area contributed by atoms with Gasteiger partial charge in [-0.3, -0.25) is 9.59 Å². The van der Waals surface area contributed by atoms with Crippen LogP contribution in [0.3, 0.4) is 0 Å². The van der Waals surface area contributed by atoms with Crippen molar-refractivity contribution in [2.45, 2.75) is 244 Å². The Morgan fingerprint density at radius 3 is 1.47 bits per heavy atom. The number of unbranched alkanes of at least 4 members (excludes halogenated alkanes) is 20. The number of ether oxygens (including phenoxy) is 1. The summed E-state index contributed by atoms with van der Waals surface area (Å²) >= 11 is 0. The first kappa shape index (κ1) is 56.3. The molecule has 6 heteroatoms. The van der Waals surface area contributed by atoms with Crippen LogP contribution in [0.2, 0.25) is 0 Å². The molecule has 0 aliphatic heterocycles. The van der Waals surface area contributed by atoms with E-state index in [1.807, 2.05) is 12.2 Å². The lowest BCUT2D eigenvalue weighted by atomic mass is 10.0. The van der Waals surface area contributed by atoms with E-state index in [0.29, 0.717) is 19.3 Å². The van der Waals surface area contributed by atoms with Crippen molar-refractivity contribution in [1.82, 2.24) is 5.32 Å². The second-order valence-electron chi connectivity index (χ2n) is 16.5. The molecular weight excluding hydrogens is 731 g/mol. The van der Waals surface area contributed by atoms with Crippen LogP contribution in [-0.2, 0) is 14.3 Å². The van der Waals surface area contributed by atoms with Gasteiger partial charge in [0.25, 0.3) is 0 Å². The highest BCUT2D eigenvalue weighted by molar-refractivity contribution is 5.77. The van der Waals surface area contributed by atoms with Crippen LogP contribution < -0.4 is 5.32 Å². The van der Waals surface area contributed by atoms with E-state index in [9.17, 15) is 19.8 Å². The molecule has 0 aliphatic carbocycles. The van der Waals surface area contributed by atoms with Crippen LogP contribution in [0.5, 0.6) is 0 Å². The van der Waals surface area contributed by atoms with Gasteiger partial charge in [0.1, 0.15) is 6.10 Å². The van der Waals surface area contributed by atoms with Gasteiger partial charge in [0.15, 0.2) is 0 Å². The van der Waals surface area contributed by atoms with E-state index < -0.39 is 18.2 Å². The van der Waals surface area contributed by atoms with Crippen LogP contribution >= 0.6 is 0 Å². The third-order valence-electron chi connectivity index (χ3n) is 10.8. The molecule has 0 aromatic heterocycles. The summed E-state index contributed by atoms with van der Waals surface area (Å²) in [7, 11) is 0. The number of hydrogen-bond acceptors (Lipinski definition) is 5. The minimum atomic E-state index is -0.813. The second-order valence-corrected chi connectivity index (χ2v) is 16.5. The van der Waals surface area contributed by atoms with Crippen molar-refractivity contribution in [3.05, 3.63) is 72.9 Å². The van der Waals surface area contributed by atoms with Crippen LogP contribution in [0.4, 0.5) is 0 Å². The number of aliphatic hydroxyl groups is 2. The Balaban J connectivity index is 4.75. The molecule has 6 nitrogen and oxygen atoms in total. The van der Waals surface area contributed by atoms with Gasteiger partial charge in [-0.15, -0.1) is 0 Å². The monoisotopic (exact) mass is 824 g/mol. The molecule has 0 spiro atoms. The fraction of sp³-hybridized carbons (Fsp3) is 0.736. The highest BCUT2D eigenvalue weighted by atomic mass is 16.5. The number of amides is 1. The number of esters is 1. The minimum absolute atomic E-state index is 0.00391. The number of allylic oxidation sites excluding steroid dienone is 11. The van der Waals surface area contributed by atoms with Gasteiger partial charge in [-0.25, -0.2) is 0 Å². The number of hydrogen-bond donors (Lipinski definition) is 3. The van der Waals surface area contributed by atoms with Crippen LogP contribution in [0.25, 0.3) is 0 Å². The predicted molar refractivity (Wildman–Crippen MR) is 255 cm³/mol. The Kier molecular flexibility index (Phi) is 44.2. The van der Waals surface area contributed by atoms with Gasteiger partial charge in [0.2, 0.25) is 5.91 Å². The van der Waals surface area contributed by atoms with Gasteiger partial charge in [0.05, 0.1) is 25.2 Å². The number of carbonyl (C=O) groups is 2. The lowest BCUT2D eigenvalue weighted by Gasteiger charge is -2.24. The number of rotatable bonds is 43. The Morgan fingerprint density at radius 2 is 0.949 bits per heavy atom. The van der Waals surface area contributed by atoms with Crippen LogP contribution in [0.15, 0.2) is 72.9 Å². The molecule has 3 atom stereocenters. The highest BCUT2D eigenvalue weighted by Crippen LogP contribution is 2.16. The molecule has 0 aliphatic rings. The smallest absolute Gasteiger partial charge is 0.306 e. The zero-order chi connectivity index (χ0) is 43.1.